The van der Waals surface area contributed by atoms with Gasteiger partial charge < -0.3 is 23.7 Å². The van der Waals surface area contributed by atoms with Gasteiger partial charge in [0.05, 0.1) is 35.5 Å². The summed E-state index contributed by atoms with van der Waals surface area (Å²) in [6.07, 6.45) is 0.945. The van der Waals surface area contributed by atoms with E-state index in [9.17, 15) is 4.79 Å². The molecule has 6 nitrogen and oxygen atoms in total. The Morgan fingerprint density at radius 1 is 0.786 bits per heavy atom. The van der Waals surface area contributed by atoms with Gasteiger partial charge in [0.15, 0.2) is 23.0 Å². The summed E-state index contributed by atoms with van der Waals surface area (Å²) >= 11 is 0. The number of carbonyl (C=O) groups is 1. The van der Waals surface area contributed by atoms with Crippen LogP contribution in [0.2, 0.25) is 0 Å². The van der Waals surface area contributed by atoms with Crippen molar-refractivity contribution in [3.8, 4) is 28.7 Å². The summed E-state index contributed by atoms with van der Waals surface area (Å²) in [6, 6.07) is 9.19. The highest BCUT2D eigenvalue weighted by Gasteiger charge is 2.23. The molecule has 0 aliphatic carbocycles. The number of hydrogen-bond acceptors (Lipinski definition) is 6. The Morgan fingerprint density at radius 3 is 1.82 bits per heavy atom. The zero-order chi connectivity index (χ0) is 20.7. The normalized spacial score (nSPS) is 11.5. The van der Waals surface area contributed by atoms with E-state index in [-0.39, 0.29) is 18.1 Å². The van der Waals surface area contributed by atoms with E-state index < -0.39 is 0 Å². The van der Waals surface area contributed by atoms with E-state index >= 15 is 0 Å². The van der Waals surface area contributed by atoms with Gasteiger partial charge in [0.25, 0.3) is 0 Å². The van der Waals surface area contributed by atoms with Crippen molar-refractivity contribution in [2.75, 3.05) is 35.5 Å². The summed E-state index contributed by atoms with van der Waals surface area (Å²) in [7, 11) is 7.84. The average Bonchev–Trinajstić information content (AvgIpc) is 2.73. The summed E-state index contributed by atoms with van der Waals surface area (Å²) < 4.78 is 26.8. The lowest BCUT2D eigenvalue weighted by Crippen LogP contribution is -2.15. The summed E-state index contributed by atoms with van der Waals surface area (Å²) in [4.78, 5) is 13.1. The lowest BCUT2D eigenvalue weighted by Gasteiger charge is -2.19. The molecule has 0 aliphatic heterocycles. The fourth-order valence-corrected chi connectivity index (χ4v) is 3.27. The molecular weight excluding hydrogens is 360 g/mol. The van der Waals surface area contributed by atoms with Gasteiger partial charge in [-0.1, -0.05) is 13.0 Å². The van der Waals surface area contributed by atoms with Crippen molar-refractivity contribution in [3.63, 3.8) is 0 Å². The van der Waals surface area contributed by atoms with Crippen molar-refractivity contribution in [1.82, 2.24) is 0 Å². The Kier molecular flexibility index (Phi) is 7.55. The Morgan fingerprint density at radius 2 is 1.36 bits per heavy atom. The number of ether oxygens (including phenoxy) is 5. The molecule has 0 spiro atoms. The second-order valence-corrected chi connectivity index (χ2v) is 6.25. The van der Waals surface area contributed by atoms with E-state index in [1.807, 2.05) is 37.3 Å². The Balaban J connectivity index is 2.33. The molecule has 0 N–H and O–H groups in total. The van der Waals surface area contributed by atoms with Crippen LogP contribution in [-0.2, 0) is 11.2 Å². The van der Waals surface area contributed by atoms with Crippen LogP contribution in [0.4, 0.5) is 0 Å². The van der Waals surface area contributed by atoms with Crippen LogP contribution in [0.1, 0.15) is 30.4 Å². The van der Waals surface area contributed by atoms with Gasteiger partial charge in [-0.25, -0.2) is 0 Å². The topological polar surface area (TPSA) is 63.2 Å². The third-order valence-electron chi connectivity index (χ3n) is 4.71. The van der Waals surface area contributed by atoms with Crippen LogP contribution in [0.15, 0.2) is 30.3 Å². The number of carbonyl (C=O) groups excluding carboxylic acids is 1. The number of ketones is 1. The van der Waals surface area contributed by atoms with Gasteiger partial charge in [-0.15, -0.1) is 0 Å². The monoisotopic (exact) mass is 388 g/mol. The molecule has 152 valence electrons. The summed E-state index contributed by atoms with van der Waals surface area (Å²) in [6.45, 7) is 1.99. The first-order chi connectivity index (χ1) is 13.5. The molecule has 2 aromatic rings. The maximum Gasteiger partial charge on any atom is 0.203 e. The molecule has 0 bridgehead atoms. The van der Waals surface area contributed by atoms with E-state index in [2.05, 4.69) is 0 Å². The van der Waals surface area contributed by atoms with Crippen LogP contribution in [-0.4, -0.2) is 41.3 Å². The minimum atomic E-state index is -0.290. The van der Waals surface area contributed by atoms with Gasteiger partial charge in [0.1, 0.15) is 5.78 Å². The fourth-order valence-electron chi connectivity index (χ4n) is 3.27. The minimum Gasteiger partial charge on any atom is -0.493 e. The number of hydrogen-bond donors (Lipinski definition) is 0. The van der Waals surface area contributed by atoms with Crippen LogP contribution in [0.5, 0.6) is 28.7 Å². The molecule has 0 fully saturated rings. The second kappa shape index (κ2) is 9.88. The van der Waals surface area contributed by atoms with E-state index in [4.69, 9.17) is 23.7 Å². The maximum absolute atomic E-state index is 13.1. The standard InChI is InChI=1S/C22H28O6/c1-7-16(15-12-20(26-4)22(28-6)21(13-15)27-5)17(23)10-14-8-9-18(24-2)19(11-14)25-3/h8-9,11-13,16H,7,10H2,1-6H3. The summed E-state index contributed by atoms with van der Waals surface area (Å²) in [5.74, 6) is 2.63. The van der Waals surface area contributed by atoms with Crippen molar-refractivity contribution < 1.29 is 28.5 Å². The van der Waals surface area contributed by atoms with Crippen molar-refractivity contribution in [3.05, 3.63) is 41.5 Å². The molecular formula is C22H28O6. The van der Waals surface area contributed by atoms with E-state index in [1.54, 1.807) is 35.5 Å². The van der Waals surface area contributed by atoms with Crippen LogP contribution in [0.25, 0.3) is 0 Å². The molecule has 0 aromatic heterocycles. The molecule has 2 rings (SSSR count). The highest BCUT2D eigenvalue weighted by atomic mass is 16.5. The smallest absolute Gasteiger partial charge is 0.203 e. The van der Waals surface area contributed by atoms with Gasteiger partial charge in [0.2, 0.25) is 5.75 Å². The summed E-state index contributed by atoms with van der Waals surface area (Å²) in [5.41, 5.74) is 1.70. The minimum absolute atomic E-state index is 0.101. The molecule has 0 saturated carbocycles. The third kappa shape index (κ3) is 4.50. The lowest BCUT2D eigenvalue weighted by atomic mass is 9.88. The zero-order valence-corrected chi connectivity index (χ0v) is 17.3. The predicted octanol–water partition coefficient (Wildman–Crippen LogP) is 4.04. The molecule has 28 heavy (non-hydrogen) atoms. The first-order valence-corrected chi connectivity index (χ1v) is 9.06. The quantitative estimate of drug-likeness (QED) is 0.612. The third-order valence-corrected chi connectivity index (χ3v) is 4.71. The Hall–Kier alpha value is -2.89. The first-order valence-electron chi connectivity index (χ1n) is 9.06. The highest BCUT2D eigenvalue weighted by Crippen LogP contribution is 2.41. The molecule has 0 saturated heterocycles. The molecule has 2 aromatic carbocycles. The number of rotatable bonds is 10. The molecule has 6 heteroatoms. The van der Waals surface area contributed by atoms with E-state index in [1.165, 1.54) is 0 Å². The first kappa shape index (κ1) is 21.4. The number of benzene rings is 2. The van der Waals surface area contributed by atoms with Crippen LogP contribution in [0, 0.1) is 0 Å². The molecule has 0 amide bonds. The SMILES string of the molecule is CCC(C(=O)Cc1ccc(OC)c(OC)c1)c1cc(OC)c(OC)c(OC)c1. The van der Waals surface area contributed by atoms with Crippen molar-refractivity contribution in [2.24, 2.45) is 0 Å². The van der Waals surface area contributed by atoms with Crippen molar-refractivity contribution >= 4 is 5.78 Å². The van der Waals surface area contributed by atoms with Gasteiger partial charge in [0, 0.05) is 12.3 Å². The summed E-state index contributed by atoms with van der Waals surface area (Å²) in [5, 5.41) is 0. The number of Topliss-reactive ketones (excluding diaryl/α,β-unsaturated/α-hetero) is 1. The van der Waals surface area contributed by atoms with Crippen LogP contribution < -0.4 is 23.7 Å². The van der Waals surface area contributed by atoms with Gasteiger partial charge in [-0.2, -0.15) is 0 Å². The van der Waals surface area contributed by atoms with Crippen molar-refractivity contribution in [2.45, 2.75) is 25.7 Å². The molecule has 1 atom stereocenters. The van der Waals surface area contributed by atoms with Crippen LogP contribution in [0.3, 0.4) is 0 Å². The highest BCUT2D eigenvalue weighted by molar-refractivity contribution is 5.88. The Labute approximate surface area is 166 Å². The lowest BCUT2D eigenvalue weighted by molar-refractivity contribution is -0.119. The molecule has 0 radical (unpaired) electrons. The Bertz CT molecular complexity index is 790. The number of methoxy groups -OCH3 is 5. The molecule has 1 unspecified atom stereocenters. The second-order valence-electron chi connectivity index (χ2n) is 6.25. The van der Waals surface area contributed by atoms with Gasteiger partial charge in [-0.3, -0.25) is 4.79 Å². The zero-order valence-electron chi connectivity index (χ0n) is 17.3. The fraction of sp³-hybridized carbons (Fsp3) is 0.409. The van der Waals surface area contributed by atoms with E-state index in [0.717, 1.165) is 11.1 Å². The molecule has 0 heterocycles. The molecule has 0 aliphatic rings. The van der Waals surface area contributed by atoms with Gasteiger partial charge in [-0.05, 0) is 41.8 Å². The average molecular weight is 388 g/mol. The maximum atomic E-state index is 13.1. The van der Waals surface area contributed by atoms with E-state index in [0.29, 0.717) is 35.2 Å². The predicted molar refractivity (Wildman–Crippen MR) is 107 cm³/mol. The van der Waals surface area contributed by atoms with Crippen molar-refractivity contribution in [1.29, 1.82) is 0 Å². The van der Waals surface area contributed by atoms with Gasteiger partial charge >= 0.3 is 0 Å². The van der Waals surface area contributed by atoms with Crippen LogP contribution >= 0.6 is 0 Å². The largest absolute Gasteiger partial charge is 0.493 e.